The summed E-state index contributed by atoms with van der Waals surface area (Å²) in [7, 11) is -11.0. The third-order valence-corrected chi connectivity index (χ3v) is 9.32. The molecule has 0 bridgehead atoms. The molecule has 1 saturated heterocycles. The number of nitrogens with zero attached hydrogens (tertiary/aromatic N) is 2. The Kier molecular flexibility index (Phi) is 6.28. The maximum absolute atomic E-state index is 13.2. The Bertz CT molecular complexity index is 1240. The van der Waals surface area contributed by atoms with Crippen LogP contribution in [0, 0.1) is 0 Å². The van der Waals surface area contributed by atoms with E-state index in [0.29, 0.717) is 19.5 Å². The van der Waals surface area contributed by atoms with Crippen molar-refractivity contribution in [3.63, 3.8) is 0 Å². The molecule has 0 amide bonds. The van der Waals surface area contributed by atoms with E-state index in [2.05, 4.69) is 0 Å². The maximum atomic E-state index is 13.2. The van der Waals surface area contributed by atoms with Crippen LogP contribution in [0.5, 0.6) is 0 Å². The van der Waals surface area contributed by atoms with Crippen LogP contribution in [0.15, 0.2) is 63.2 Å². The van der Waals surface area contributed by atoms with Gasteiger partial charge >= 0.3 is 0 Å². The predicted octanol–water partition coefficient (Wildman–Crippen LogP) is 1.39. The number of hydrogen-bond donors (Lipinski definition) is 0. The average Bonchev–Trinajstić information content (AvgIpc) is 2.93. The summed E-state index contributed by atoms with van der Waals surface area (Å²) in [6.07, 6.45) is 2.69. The molecule has 0 aliphatic carbocycles. The van der Waals surface area contributed by atoms with Crippen molar-refractivity contribution in [2.24, 2.45) is 0 Å². The highest BCUT2D eigenvalue weighted by molar-refractivity contribution is 7.93. The van der Waals surface area contributed by atoms with Gasteiger partial charge in [-0.05, 0) is 42.8 Å². The zero-order valence-electron chi connectivity index (χ0n) is 16.7. The summed E-state index contributed by atoms with van der Waals surface area (Å²) in [5.41, 5.74) is 0.804. The van der Waals surface area contributed by atoms with Gasteiger partial charge in [-0.25, -0.2) is 25.3 Å². The Balaban J connectivity index is 1.83. The van der Waals surface area contributed by atoms with Crippen LogP contribution in [0.25, 0.3) is 0 Å². The lowest BCUT2D eigenvalue weighted by Gasteiger charge is -2.24. The highest BCUT2D eigenvalue weighted by atomic mass is 32.2. The summed E-state index contributed by atoms with van der Waals surface area (Å²) < 4.78 is 75.0. The van der Waals surface area contributed by atoms with Crippen LogP contribution in [0.2, 0.25) is 0 Å². The number of benzene rings is 2. The van der Waals surface area contributed by atoms with Crippen molar-refractivity contribution in [1.82, 2.24) is 4.31 Å². The first kappa shape index (κ1) is 22.7. The largest absolute Gasteiger partial charge is 0.370 e. The summed E-state index contributed by atoms with van der Waals surface area (Å²) in [6, 6.07) is 12.1. The van der Waals surface area contributed by atoms with Crippen molar-refractivity contribution in [3.05, 3.63) is 48.5 Å². The van der Waals surface area contributed by atoms with Crippen LogP contribution in [-0.2, 0) is 29.7 Å². The molecule has 8 nitrogen and oxygen atoms in total. The van der Waals surface area contributed by atoms with E-state index in [1.54, 1.807) is 12.1 Å². The standard InChI is InChI=1S/C19H24N2O6S3/c1-28(22,23)17-10-8-16(9-11-17)20-12-5-13-21(15-14-20)30(26,27)19-7-4-3-6-18(19)29(2,24)25/h3-4,6-11H,5,12-15H2,1-2H3. The van der Waals surface area contributed by atoms with Gasteiger partial charge in [-0.1, -0.05) is 12.1 Å². The first-order chi connectivity index (χ1) is 13.9. The second-order valence-corrected chi connectivity index (χ2v) is 13.1. The molecular formula is C19H24N2O6S3. The molecule has 1 aliphatic rings. The van der Waals surface area contributed by atoms with Gasteiger partial charge in [0, 0.05) is 44.4 Å². The van der Waals surface area contributed by atoms with E-state index in [1.165, 1.54) is 40.7 Å². The molecule has 11 heteroatoms. The number of hydrogen-bond acceptors (Lipinski definition) is 7. The lowest BCUT2D eigenvalue weighted by atomic mass is 10.2. The second kappa shape index (κ2) is 8.29. The van der Waals surface area contributed by atoms with E-state index in [0.717, 1.165) is 18.2 Å². The summed E-state index contributed by atoms with van der Waals surface area (Å²) in [5.74, 6) is 0. The zero-order chi connectivity index (χ0) is 22.2. The smallest absolute Gasteiger partial charge is 0.244 e. The molecule has 1 aliphatic heterocycles. The highest BCUT2D eigenvalue weighted by Gasteiger charge is 2.31. The number of sulfone groups is 2. The SMILES string of the molecule is CS(=O)(=O)c1ccc(N2CCCN(S(=O)(=O)c3ccccc3S(C)(=O)=O)CC2)cc1. The molecule has 0 aromatic heterocycles. The van der Waals surface area contributed by atoms with Crippen molar-refractivity contribution in [2.75, 3.05) is 43.6 Å². The molecule has 3 rings (SSSR count). The molecule has 1 heterocycles. The maximum Gasteiger partial charge on any atom is 0.244 e. The quantitative estimate of drug-likeness (QED) is 0.647. The van der Waals surface area contributed by atoms with Gasteiger partial charge in [-0.15, -0.1) is 0 Å². The van der Waals surface area contributed by atoms with Crippen LogP contribution in [0.3, 0.4) is 0 Å². The van der Waals surface area contributed by atoms with Crippen LogP contribution >= 0.6 is 0 Å². The van der Waals surface area contributed by atoms with E-state index in [-0.39, 0.29) is 27.8 Å². The van der Waals surface area contributed by atoms with Crippen LogP contribution < -0.4 is 4.90 Å². The summed E-state index contributed by atoms with van der Waals surface area (Å²) in [6.45, 7) is 1.45. The predicted molar refractivity (Wildman–Crippen MR) is 115 cm³/mol. The Labute approximate surface area is 178 Å². The fourth-order valence-corrected chi connectivity index (χ4v) is 7.11. The first-order valence-corrected chi connectivity index (χ1v) is 14.5. The Morgan fingerprint density at radius 3 is 1.83 bits per heavy atom. The monoisotopic (exact) mass is 472 g/mol. The van der Waals surface area contributed by atoms with Crippen molar-refractivity contribution in [3.8, 4) is 0 Å². The van der Waals surface area contributed by atoms with Gasteiger partial charge in [-0.2, -0.15) is 4.31 Å². The fraction of sp³-hybridized carbons (Fsp3) is 0.368. The molecule has 0 N–H and O–H groups in total. The lowest BCUT2D eigenvalue weighted by Crippen LogP contribution is -2.35. The normalized spacial score (nSPS) is 16.9. The van der Waals surface area contributed by atoms with E-state index < -0.39 is 29.7 Å². The van der Waals surface area contributed by atoms with E-state index >= 15 is 0 Å². The van der Waals surface area contributed by atoms with Gasteiger partial charge < -0.3 is 4.90 Å². The minimum atomic E-state index is -3.98. The molecular weight excluding hydrogens is 448 g/mol. The molecule has 2 aromatic rings. The first-order valence-electron chi connectivity index (χ1n) is 9.25. The molecule has 2 aromatic carbocycles. The second-order valence-electron chi connectivity index (χ2n) is 7.23. The van der Waals surface area contributed by atoms with E-state index in [1.807, 2.05) is 4.90 Å². The highest BCUT2D eigenvalue weighted by Crippen LogP contribution is 2.26. The topological polar surface area (TPSA) is 109 Å². The Morgan fingerprint density at radius 2 is 1.27 bits per heavy atom. The van der Waals surface area contributed by atoms with Crippen LogP contribution in [0.4, 0.5) is 5.69 Å². The van der Waals surface area contributed by atoms with E-state index in [4.69, 9.17) is 0 Å². The summed E-state index contributed by atoms with van der Waals surface area (Å²) >= 11 is 0. The van der Waals surface area contributed by atoms with Gasteiger partial charge in [0.15, 0.2) is 19.7 Å². The lowest BCUT2D eigenvalue weighted by molar-refractivity contribution is 0.431. The van der Waals surface area contributed by atoms with Crippen LogP contribution in [0.1, 0.15) is 6.42 Å². The van der Waals surface area contributed by atoms with Crippen molar-refractivity contribution in [2.45, 2.75) is 21.1 Å². The summed E-state index contributed by atoms with van der Waals surface area (Å²) in [5, 5.41) is 0. The molecule has 1 fully saturated rings. The third-order valence-electron chi connectivity index (χ3n) is 4.95. The molecule has 0 atom stereocenters. The van der Waals surface area contributed by atoms with E-state index in [9.17, 15) is 25.3 Å². The fourth-order valence-electron chi connectivity index (χ4n) is 3.41. The Hall–Kier alpha value is -1.95. The molecule has 0 saturated carbocycles. The molecule has 0 unspecified atom stereocenters. The summed E-state index contributed by atoms with van der Waals surface area (Å²) in [4.78, 5) is 1.80. The van der Waals surface area contributed by atoms with Gasteiger partial charge in [-0.3, -0.25) is 0 Å². The van der Waals surface area contributed by atoms with Crippen molar-refractivity contribution >= 4 is 35.4 Å². The Morgan fingerprint density at radius 1 is 0.667 bits per heavy atom. The van der Waals surface area contributed by atoms with Gasteiger partial charge in [0.2, 0.25) is 10.0 Å². The number of anilines is 1. The van der Waals surface area contributed by atoms with Crippen molar-refractivity contribution in [1.29, 1.82) is 0 Å². The minimum absolute atomic E-state index is 0.189. The number of sulfonamides is 1. The zero-order valence-corrected chi connectivity index (χ0v) is 19.2. The van der Waals surface area contributed by atoms with Gasteiger partial charge in [0.25, 0.3) is 0 Å². The van der Waals surface area contributed by atoms with Crippen LogP contribution in [-0.4, -0.2) is 68.2 Å². The van der Waals surface area contributed by atoms with Gasteiger partial charge in [0.05, 0.1) is 9.79 Å². The van der Waals surface area contributed by atoms with Crippen molar-refractivity contribution < 1.29 is 25.3 Å². The molecule has 0 spiro atoms. The van der Waals surface area contributed by atoms with Gasteiger partial charge in [0.1, 0.15) is 4.90 Å². The third kappa shape index (κ3) is 4.85. The average molecular weight is 473 g/mol. The number of rotatable bonds is 5. The molecule has 0 radical (unpaired) electrons. The molecule has 30 heavy (non-hydrogen) atoms. The molecule has 164 valence electrons. The minimum Gasteiger partial charge on any atom is -0.370 e.